The van der Waals surface area contributed by atoms with E-state index in [1.807, 2.05) is 0 Å². The molecule has 0 bridgehead atoms. The van der Waals surface area contributed by atoms with Crippen molar-refractivity contribution in [3.05, 3.63) is 23.9 Å². The minimum atomic E-state index is -4.53. The third-order valence-electron chi connectivity index (χ3n) is 3.70. The van der Waals surface area contributed by atoms with Crippen molar-refractivity contribution in [3.8, 4) is 11.5 Å². The van der Waals surface area contributed by atoms with Gasteiger partial charge in [-0.05, 0) is 30.4 Å². The number of hydrogen-bond donors (Lipinski definition) is 2. The fraction of sp³-hybridized carbons (Fsp3) is 0.429. The van der Waals surface area contributed by atoms with Crippen LogP contribution in [-0.2, 0) is 6.18 Å². The predicted octanol–water partition coefficient (Wildman–Crippen LogP) is 2.75. The van der Waals surface area contributed by atoms with Crippen LogP contribution in [0.5, 0.6) is 0 Å². The maximum Gasteiger partial charge on any atom is 0.433 e. The highest BCUT2D eigenvalue weighted by Crippen LogP contribution is 2.44. The number of aromatic nitrogens is 4. The van der Waals surface area contributed by atoms with Crippen LogP contribution >= 0.6 is 0 Å². The van der Waals surface area contributed by atoms with E-state index in [4.69, 9.17) is 5.73 Å². The molecule has 1 saturated carbocycles. The van der Waals surface area contributed by atoms with Gasteiger partial charge in [0.15, 0.2) is 5.82 Å². The number of halogens is 3. The molecule has 0 radical (unpaired) electrons. The van der Waals surface area contributed by atoms with Gasteiger partial charge in [0.1, 0.15) is 11.4 Å². The maximum atomic E-state index is 12.7. The molecule has 122 valence electrons. The third-order valence-corrected chi connectivity index (χ3v) is 3.70. The summed E-state index contributed by atoms with van der Waals surface area (Å²) in [7, 11) is 0. The fourth-order valence-electron chi connectivity index (χ4n) is 1.99. The summed E-state index contributed by atoms with van der Waals surface area (Å²) in [6.07, 6.45) is -2.30. The average Bonchev–Trinajstić information content (AvgIpc) is 3.22. The van der Waals surface area contributed by atoms with Gasteiger partial charge in [-0.2, -0.15) is 28.1 Å². The van der Waals surface area contributed by atoms with E-state index in [0.29, 0.717) is 6.54 Å². The molecule has 0 spiro atoms. The Hall–Kier alpha value is -2.45. The number of anilines is 2. The van der Waals surface area contributed by atoms with Crippen molar-refractivity contribution in [2.24, 2.45) is 5.41 Å². The van der Waals surface area contributed by atoms with Gasteiger partial charge in [0.25, 0.3) is 0 Å². The van der Waals surface area contributed by atoms with E-state index < -0.39 is 11.9 Å². The maximum absolute atomic E-state index is 12.7. The highest BCUT2D eigenvalue weighted by atomic mass is 19.4. The molecule has 0 aliphatic heterocycles. The van der Waals surface area contributed by atoms with Gasteiger partial charge in [-0.1, -0.05) is 13.0 Å². The van der Waals surface area contributed by atoms with Crippen molar-refractivity contribution >= 4 is 11.9 Å². The Morgan fingerprint density at radius 3 is 2.57 bits per heavy atom. The summed E-state index contributed by atoms with van der Waals surface area (Å²) >= 11 is 0. The van der Waals surface area contributed by atoms with Crippen LogP contribution in [0.15, 0.2) is 18.2 Å². The zero-order valence-corrected chi connectivity index (χ0v) is 12.4. The Bertz CT molecular complexity index is 727. The monoisotopic (exact) mass is 324 g/mol. The van der Waals surface area contributed by atoms with Gasteiger partial charge in [-0.15, -0.1) is 0 Å². The number of nitrogens with two attached hydrogens (primary N) is 1. The second kappa shape index (κ2) is 5.32. The van der Waals surface area contributed by atoms with E-state index in [1.165, 1.54) is 12.1 Å². The average molecular weight is 324 g/mol. The van der Waals surface area contributed by atoms with Crippen molar-refractivity contribution < 1.29 is 13.2 Å². The van der Waals surface area contributed by atoms with Crippen molar-refractivity contribution in [2.75, 3.05) is 17.6 Å². The van der Waals surface area contributed by atoms with Crippen LogP contribution in [0.1, 0.15) is 25.5 Å². The third kappa shape index (κ3) is 3.66. The summed E-state index contributed by atoms with van der Waals surface area (Å²) in [4.78, 5) is 15.5. The van der Waals surface area contributed by atoms with Crippen molar-refractivity contribution in [2.45, 2.75) is 25.9 Å². The number of nitrogens with zero attached hydrogens (tertiary/aromatic N) is 4. The quantitative estimate of drug-likeness (QED) is 0.899. The molecule has 23 heavy (non-hydrogen) atoms. The van der Waals surface area contributed by atoms with Crippen LogP contribution < -0.4 is 11.1 Å². The van der Waals surface area contributed by atoms with Crippen molar-refractivity contribution in [1.82, 2.24) is 19.9 Å². The second-order valence-corrected chi connectivity index (χ2v) is 5.91. The highest BCUT2D eigenvalue weighted by molar-refractivity contribution is 5.53. The number of rotatable bonds is 4. The molecular weight excluding hydrogens is 309 g/mol. The number of alkyl halides is 3. The smallest absolute Gasteiger partial charge is 0.368 e. The summed E-state index contributed by atoms with van der Waals surface area (Å²) in [6.45, 7) is 2.80. The van der Waals surface area contributed by atoms with Gasteiger partial charge in [0.2, 0.25) is 11.9 Å². The molecule has 0 unspecified atom stereocenters. The molecule has 0 saturated heterocycles. The number of hydrogen-bond acceptors (Lipinski definition) is 6. The molecule has 2 heterocycles. The largest absolute Gasteiger partial charge is 0.433 e. The lowest BCUT2D eigenvalue weighted by Gasteiger charge is -2.11. The first-order chi connectivity index (χ1) is 10.8. The molecule has 1 fully saturated rings. The summed E-state index contributed by atoms with van der Waals surface area (Å²) in [5.41, 5.74) is 4.83. The van der Waals surface area contributed by atoms with Crippen LogP contribution in [0, 0.1) is 5.41 Å². The minimum absolute atomic E-state index is 0.00499. The zero-order chi connectivity index (χ0) is 16.7. The Morgan fingerprint density at radius 1 is 1.17 bits per heavy atom. The first kappa shape index (κ1) is 15.4. The molecule has 2 aromatic heterocycles. The molecule has 0 atom stereocenters. The first-order valence-electron chi connectivity index (χ1n) is 7.05. The molecule has 1 aliphatic carbocycles. The van der Waals surface area contributed by atoms with Gasteiger partial charge in [0, 0.05) is 6.54 Å². The van der Waals surface area contributed by atoms with Gasteiger partial charge < -0.3 is 11.1 Å². The van der Waals surface area contributed by atoms with E-state index >= 15 is 0 Å². The fourth-order valence-corrected chi connectivity index (χ4v) is 1.99. The van der Waals surface area contributed by atoms with Crippen LogP contribution in [0.25, 0.3) is 11.5 Å². The van der Waals surface area contributed by atoms with Crippen molar-refractivity contribution in [1.29, 1.82) is 0 Å². The number of pyridine rings is 1. The Morgan fingerprint density at radius 2 is 1.91 bits per heavy atom. The summed E-state index contributed by atoms with van der Waals surface area (Å²) in [6, 6.07) is 3.54. The van der Waals surface area contributed by atoms with Crippen LogP contribution in [0.2, 0.25) is 0 Å². The van der Waals surface area contributed by atoms with E-state index in [2.05, 4.69) is 32.2 Å². The molecule has 9 heteroatoms. The van der Waals surface area contributed by atoms with Gasteiger partial charge >= 0.3 is 6.18 Å². The normalized spacial score (nSPS) is 16.2. The summed E-state index contributed by atoms with van der Waals surface area (Å²) in [5.74, 6) is 0.171. The SMILES string of the molecule is CC1(CNc2nc(N)nc(-c3cccc(C(F)(F)F)n3)n2)CC1. The van der Waals surface area contributed by atoms with Crippen LogP contribution in [0.3, 0.4) is 0 Å². The molecule has 6 nitrogen and oxygen atoms in total. The van der Waals surface area contributed by atoms with E-state index in [1.54, 1.807) is 0 Å². The predicted molar refractivity (Wildman–Crippen MR) is 78.3 cm³/mol. The second-order valence-electron chi connectivity index (χ2n) is 5.91. The van der Waals surface area contributed by atoms with Gasteiger partial charge in [-0.3, -0.25) is 0 Å². The van der Waals surface area contributed by atoms with E-state index in [9.17, 15) is 13.2 Å². The lowest BCUT2D eigenvalue weighted by molar-refractivity contribution is -0.141. The van der Waals surface area contributed by atoms with Crippen LogP contribution in [0.4, 0.5) is 25.1 Å². The Balaban J connectivity index is 1.88. The molecule has 3 rings (SSSR count). The van der Waals surface area contributed by atoms with Crippen molar-refractivity contribution in [3.63, 3.8) is 0 Å². The Labute approximate surface area is 130 Å². The van der Waals surface area contributed by atoms with E-state index in [0.717, 1.165) is 18.9 Å². The Kier molecular flexibility index (Phi) is 3.57. The minimum Gasteiger partial charge on any atom is -0.368 e. The number of nitrogen functional groups attached to an aromatic ring is 1. The lowest BCUT2D eigenvalue weighted by Crippen LogP contribution is -2.15. The molecule has 2 aromatic rings. The molecule has 1 aliphatic rings. The van der Waals surface area contributed by atoms with Crippen LogP contribution in [-0.4, -0.2) is 26.5 Å². The van der Waals surface area contributed by atoms with Gasteiger partial charge in [-0.25, -0.2) is 4.98 Å². The molecule has 0 aromatic carbocycles. The van der Waals surface area contributed by atoms with Gasteiger partial charge in [0.05, 0.1) is 0 Å². The summed E-state index contributed by atoms with van der Waals surface area (Å²) < 4.78 is 38.2. The molecular formula is C14H15F3N6. The summed E-state index contributed by atoms with van der Waals surface area (Å²) in [5, 5.41) is 3.05. The highest BCUT2D eigenvalue weighted by Gasteiger charge is 2.37. The molecule has 0 amide bonds. The number of nitrogens with one attached hydrogen (secondary N) is 1. The zero-order valence-electron chi connectivity index (χ0n) is 12.4. The molecule has 3 N–H and O–H groups in total. The topological polar surface area (TPSA) is 89.6 Å². The van der Waals surface area contributed by atoms with E-state index in [-0.39, 0.29) is 28.8 Å². The lowest BCUT2D eigenvalue weighted by atomic mass is 10.1. The standard InChI is InChI=1S/C14H15F3N6/c1-13(5-6-13)7-19-12-22-10(21-11(18)23-12)8-3-2-4-9(20-8)14(15,16)17/h2-4H,5-7H2,1H3,(H3,18,19,21,22,23). The first-order valence-corrected chi connectivity index (χ1v) is 7.05.